The van der Waals surface area contributed by atoms with E-state index >= 15 is 0 Å². The van der Waals surface area contributed by atoms with E-state index in [1.165, 1.54) is 19.4 Å². The number of thiol groups is 2. The van der Waals surface area contributed by atoms with Crippen LogP contribution in [0, 0.1) is 6.92 Å². The summed E-state index contributed by atoms with van der Waals surface area (Å²) in [4.78, 5) is 48.1. The average Bonchev–Trinajstić information content (AvgIpc) is 3.62. The van der Waals surface area contributed by atoms with Crippen LogP contribution in [0.15, 0.2) is 28.4 Å². The van der Waals surface area contributed by atoms with E-state index < -0.39 is 62.2 Å². The normalized spacial score (nSPS) is 27.7. The second kappa shape index (κ2) is 11.9. The van der Waals surface area contributed by atoms with E-state index in [0.29, 0.717) is 24.0 Å². The summed E-state index contributed by atoms with van der Waals surface area (Å²) < 4.78 is 55.5. The fourth-order valence-corrected chi connectivity index (χ4v) is 6.66. The van der Waals surface area contributed by atoms with Gasteiger partial charge in [-0.15, -0.1) is 0 Å². The molecule has 4 N–H and O–H groups in total. The summed E-state index contributed by atoms with van der Waals surface area (Å²) in [5.41, 5.74) is 5.76. The summed E-state index contributed by atoms with van der Waals surface area (Å²) in [5.74, 6) is 0.248. The van der Waals surface area contributed by atoms with Crippen LogP contribution in [0.25, 0.3) is 11.2 Å². The Balaban J connectivity index is 1.23. The molecule has 5 heterocycles. The number of H-pyrrole nitrogens is 1. The molecule has 21 heteroatoms. The van der Waals surface area contributed by atoms with Gasteiger partial charge < -0.3 is 20.1 Å². The third-order valence-electron chi connectivity index (χ3n) is 6.52. The summed E-state index contributed by atoms with van der Waals surface area (Å²) in [5, 5.41) is 0. The van der Waals surface area contributed by atoms with Gasteiger partial charge in [-0.1, -0.05) is 24.5 Å². The van der Waals surface area contributed by atoms with Crippen LogP contribution in [-0.2, 0) is 32.2 Å². The Morgan fingerprint density at radius 1 is 1.12 bits per heavy atom. The first kappa shape index (κ1) is 30.4. The Hall–Kier alpha value is -2.05. The molecular formula is C20H27N7O10P2S2. The van der Waals surface area contributed by atoms with Crippen molar-refractivity contribution in [2.24, 2.45) is 0 Å². The van der Waals surface area contributed by atoms with E-state index in [1.54, 1.807) is 10.9 Å². The average molecular weight is 652 g/mol. The number of aromatic amines is 1. The van der Waals surface area contributed by atoms with Gasteiger partial charge in [0.05, 0.1) is 25.6 Å². The molecule has 0 bridgehead atoms. The molecule has 0 aromatic carbocycles. The summed E-state index contributed by atoms with van der Waals surface area (Å²) in [6.45, 7) is -7.34. The molecule has 2 aliphatic heterocycles. The van der Waals surface area contributed by atoms with Crippen molar-refractivity contribution in [2.45, 2.75) is 57.0 Å². The Morgan fingerprint density at radius 2 is 1.90 bits per heavy atom. The number of fused-ring (bicyclic) bond motifs is 1. The first-order chi connectivity index (χ1) is 19.3. The van der Waals surface area contributed by atoms with E-state index in [4.69, 9.17) is 28.8 Å². The maximum absolute atomic E-state index is 13.2. The fourth-order valence-electron chi connectivity index (χ4n) is 4.58. The van der Waals surface area contributed by atoms with Crippen LogP contribution in [0.3, 0.4) is 0 Å². The maximum Gasteiger partial charge on any atom is 0.386 e. The van der Waals surface area contributed by atoms with E-state index in [0.717, 1.165) is 4.57 Å². The van der Waals surface area contributed by atoms with Crippen LogP contribution >= 0.6 is 38.1 Å². The quantitative estimate of drug-likeness (QED) is 0.156. The summed E-state index contributed by atoms with van der Waals surface area (Å²) in [7, 11) is 0. The topological polar surface area (TPSA) is 225 Å². The number of imidazole rings is 1. The summed E-state index contributed by atoms with van der Waals surface area (Å²) in [6, 6.07) is 0. The monoisotopic (exact) mass is 651 g/mol. The minimum atomic E-state index is -4.20. The van der Waals surface area contributed by atoms with Gasteiger partial charge in [-0.2, -0.15) is 0 Å². The van der Waals surface area contributed by atoms with Gasteiger partial charge in [0.2, 0.25) is 0 Å². The molecule has 0 aliphatic carbocycles. The highest BCUT2D eigenvalue weighted by atomic mass is 32.7. The van der Waals surface area contributed by atoms with Gasteiger partial charge in [0, 0.05) is 18.2 Å². The zero-order valence-corrected chi connectivity index (χ0v) is 25.0. The molecule has 17 nitrogen and oxygen atoms in total. The molecule has 3 aromatic heterocycles. The molecule has 0 spiro atoms. The molecule has 2 aliphatic rings. The largest absolute Gasteiger partial charge is 0.386 e. The van der Waals surface area contributed by atoms with Crippen molar-refractivity contribution in [3.63, 3.8) is 0 Å². The Labute approximate surface area is 242 Å². The van der Waals surface area contributed by atoms with Crippen LogP contribution in [-0.4, -0.2) is 65.5 Å². The molecule has 2 unspecified atom stereocenters. The van der Waals surface area contributed by atoms with Gasteiger partial charge in [-0.3, -0.25) is 32.5 Å². The minimum Gasteiger partial charge on any atom is -0.382 e. The number of nitrogens with one attached hydrogen (secondary N) is 1. The van der Waals surface area contributed by atoms with Crippen LogP contribution < -0.4 is 17.0 Å². The molecule has 224 valence electrons. The Bertz CT molecular complexity index is 1640. The third-order valence-corrected chi connectivity index (χ3v) is 8.99. The molecule has 5 rings (SSSR count). The van der Waals surface area contributed by atoms with Crippen molar-refractivity contribution >= 4 is 55.1 Å². The molecule has 2 fully saturated rings. The zero-order chi connectivity index (χ0) is 29.5. The van der Waals surface area contributed by atoms with Gasteiger partial charge in [0.15, 0.2) is 11.5 Å². The number of aromatic nitrogens is 6. The van der Waals surface area contributed by atoms with Crippen molar-refractivity contribution < 1.29 is 37.1 Å². The molecule has 41 heavy (non-hydrogen) atoms. The standard InChI is InChI=1S/C20H27N7O10P2S2/c1-10-5-26(20(29)25-19(10)28)15-4-12(13(36-15)7-33-38(30,31)40)37-39(32,41)34-6-11-2-3-14(35-11)27-9-24-16-17(21)22-8-23-18(16)27/h5,8-9,11-15H,2-4,6-7H2,1H3,(H,32,41)(H2,21,22,23)(H,25,28,29)(H2,30,31,40)/t11-,12+,13+,14+,15-,39?/m0/s1. The molecular weight excluding hydrogens is 624 g/mol. The van der Waals surface area contributed by atoms with Crippen molar-refractivity contribution in [1.29, 1.82) is 0 Å². The SMILES string of the molecule is Cc1cn([C@@H]2C[C@@H](OP(=O)(S)OC[C@@H]3CC[C@H](n4cnc5c(N)ncnc54)O3)[C@@H](COP(=O)(O)S)O2)c(=O)[nH]c1=O. The van der Waals surface area contributed by atoms with Gasteiger partial charge in [-0.25, -0.2) is 28.9 Å². The second-order valence-corrected chi connectivity index (χ2v) is 15.0. The lowest BCUT2D eigenvalue weighted by Gasteiger charge is -2.23. The summed E-state index contributed by atoms with van der Waals surface area (Å²) >= 11 is 7.57. The number of nitrogen functional groups attached to an aromatic ring is 1. The van der Waals surface area contributed by atoms with Crippen LogP contribution in [0.2, 0.25) is 0 Å². The number of nitrogens with two attached hydrogens (primary N) is 1. The number of hydrogen-bond donors (Lipinski definition) is 5. The highest BCUT2D eigenvalue weighted by Gasteiger charge is 2.43. The smallest absolute Gasteiger partial charge is 0.382 e. The van der Waals surface area contributed by atoms with E-state index in [9.17, 15) is 23.6 Å². The lowest BCUT2D eigenvalue weighted by Crippen LogP contribution is -2.33. The maximum atomic E-state index is 13.2. The molecule has 0 saturated carbocycles. The van der Waals surface area contributed by atoms with Crippen molar-refractivity contribution in [3.05, 3.63) is 45.3 Å². The molecule has 2 saturated heterocycles. The molecule has 0 radical (unpaired) electrons. The number of anilines is 1. The number of ether oxygens (including phenoxy) is 2. The van der Waals surface area contributed by atoms with Gasteiger partial charge in [0.25, 0.3) is 5.56 Å². The van der Waals surface area contributed by atoms with E-state index in [2.05, 4.69) is 44.4 Å². The van der Waals surface area contributed by atoms with Crippen molar-refractivity contribution in [1.82, 2.24) is 29.1 Å². The molecule has 3 aromatic rings. The number of hydrogen-bond acceptors (Lipinski definition) is 13. The third kappa shape index (κ3) is 7.13. The van der Waals surface area contributed by atoms with E-state index in [-0.39, 0.29) is 24.4 Å². The Kier molecular flexibility index (Phi) is 8.84. The molecule has 0 amide bonds. The van der Waals surface area contributed by atoms with Crippen molar-refractivity contribution in [3.8, 4) is 0 Å². The second-order valence-electron chi connectivity index (χ2n) is 9.41. The predicted molar refractivity (Wildman–Crippen MR) is 150 cm³/mol. The fraction of sp³-hybridized carbons (Fsp3) is 0.550. The van der Waals surface area contributed by atoms with Crippen LogP contribution in [0.4, 0.5) is 5.82 Å². The number of nitrogens with zero attached hydrogens (tertiary/aromatic N) is 5. The lowest BCUT2D eigenvalue weighted by molar-refractivity contribution is -0.0414. The van der Waals surface area contributed by atoms with Gasteiger partial charge in [0.1, 0.15) is 36.5 Å². The zero-order valence-electron chi connectivity index (χ0n) is 21.4. The predicted octanol–water partition coefficient (Wildman–Crippen LogP) is 1.72. The molecule has 7 atom stereocenters. The first-order valence-corrected chi connectivity index (χ1v) is 17.6. The van der Waals surface area contributed by atoms with Gasteiger partial charge >= 0.3 is 19.3 Å². The van der Waals surface area contributed by atoms with Gasteiger partial charge in [-0.05, 0) is 19.8 Å². The number of rotatable bonds is 10. The highest BCUT2D eigenvalue weighted by Crippen LogP contribution is 2.57. The lowest BCUT2D eigenvalue weighted by atomic mass is 10.2. The van der Waals surface area contributed by atoms with Crippen LogP contribution in [0.1, 0.15) is 37.3 Å². The van der Waals surface area contributed by atoms with E-state index in [1.807, 2.05) is 0 Å². The van der Waals surface area contributed by atoms with Crippen LogP contribution in [0.5, 0.6) is 0 Å². The summed E-state index contributed by atoms with van der Waals surface area (Å²) in [6.07, 6.45) is 1.34. The first-order valence-electron chi connectivity index (χ1n) is 12.2. The minimum absolute atomic E-state index is 0.0453. The highest BCUT2D eigenvalue weighted by molar-refractivity contribution is 8.44. The number of aryl methyl sites for hydroxylation is 1. The Morgan fingerprint density at radius 3 is 2.66 bits per heavy atom. The van der Waals surface area contributed by atoms with Crippen molar-refractivity contribution in [2.75, 3.05) is 18.9 Å².